The zero-order valence-electron chi connectivity index (χ0n) is 12.9. The molecule has 23 heavy (non-hydrogen) atoms. The molecule has 1 amide bonds. The van der Waals surface area contributed by atoms with E-state index in [1.54, 1.807) is 17.0 Å². The lowest BCUT2D eigenvalue weighted by Gasteiger charge is -2.32. The van der Waals surface area contributed by atoms with E-state index < -0.39 is 0 Å². The van der Waals surface area contributed by atoms with Crippen LogP contribution < -0.4 is 0 Å². The topological polar surface area (TPSA) is 73.1 Å². The van der Waals surface area contributed by atoms with Gasteiger partial charge < -0.3 is 9.64 Å². The predicted molar refractivity (Wildman–Crippen MR) is 79.8 cm³/mol. The quantitative estimate of drug-likeness (QED) is 0.844. The molecule has 0 radical (unpaired) electrons. The zero-order chi connectivity index (χ0) is 16.2. The number of morpholine rings is 1. The normalized spacial score (nSPS) is 18.2. The first-order chi connectivity index (χ1) is 11.2. The van der Waals surface area contributed by atoms with Gasteiger partial charge in [0.1, 0.15) is 12.4 Å². The van der Waals surface area contributed by atoms with Crippen molar-refractivity contribution in [2.45, 2.75) is 26.0 Å². The summed E-state index contributed by atoms with van der Waals surface area (Å²) < 4.78 is 18.8. The molecule has 0 saturated carbocycles. The van der Waals surface area contributed by atoms with Gasteiger partial charge in [0.2, 0.25) is 11.7 Å². The molecule has 0 unspecified atom stereocenters. The maximum absolute atomic E-state index is 13.2. The van der Waals surface area contributed by atoms with Crippen molar-refractivity contribution in [1.29, 1.82) is 0 Å². The van der Waals surface area contributed by atoms with Crippen molar-refractivity contribution >= 4 is 5.91 Å². The average molecular weight is 319 g/mol. The number of hydrogen-bond acceptors (Lipinski definition) is 5. The van der Waals surface area contributed by atoms with Crippen LogP contribution >= 0.6 is 0 Å². The van der Waals surface area contributed by atoms with Gasteiger partial charge >= 0.3 is 0 Å². The number of halogens is 1. The Hall–Kier alpha value is -2.35. The first-order valence-electron chi connectivity index (χ1n) is 7.59. The highest BCUT2D eigenvalue weighted by molar-refractivity contribution is 5.76. The molecular formula is C15H18FN5O2. The monoisotopic (exact) mass is 319 g/mol. The number of aromatic nitrogens is 4. The molecule has 8 heteroatoms. The second kappa shape index (κ2) is 6.82. The molecule has 0 N–H and O–H groups in total. The van der Waals surface area contributed by atoms with E-state index in [1.807, 2.05) is 6.92 Å². The number of nitrogens with zero attached hydrogens (tertiary/aromatic N) is 5. The summed E-state index contributed by atoms with van der Waals surface area (Å²) in [4.78, 5) is 15.3. The minimum Gasteiger partial charge on any atom is -0.375 e. The molecule has 7 nitrogen and oxygen atoms in total. The summed E-state index contributed by atoms with van der Waals surface area (Å²) >= 11 is 0. The molecule has 1 fully saturated rings. The highest BCUT2D eigenvalue weighted by atomic mass is 19.1. The summed E-state index contributed by atoms with van der Waals surface area (Å²) in [6, 6.07) is 5.95. The Bertz CT molecular complexity index is 690. The van der Waals surface area contributed by atoms with E-state index in [-0.39, 0.29) is 24.4 Å². The molecule has 1 aromatic carbocycles. The van der Waals surface area contributed by atoms with Crippen molar-refractivity contribution < 1.29 is 13.9 Å². The Morgan fingerprint density at radius 1 is 1.48 bits per heavy atom. The van der Waals surface area contributed by atoms with Crippen molar-refractivity contribution in [2.75, 3.05) is 19.7 Å². The van der Waals surface area contributed by atoms with E-state index in [1.165, 1.54) is 16.9 Å². The lowest BCUT2D eigenvalue weighted by atomic mass is 10.2. The van der Waals surface area contributed by atoms with E-state index in [2.05, 4.69) is 15.4 Å². The van der Waals surface area contributed by atoms with Crippen molar-refractivity contribution in [2.24, 2.45) is 0 Å². The number of hydrogen-bond donors (Lipinski definition) is 0. The van der Waals surface area contributed by atoms with Crippen LogP contribution in [-0.4, -0.2) is 56.8 Å². The van der Waals surface area contributed by atoms with E-state index in [9.17, 15) is 9.18 Å². The number of carbonyl (C=O) groups is 1. The Morgan fingerprint density at radius 3 is 3.13 bits per heavy atom. The number of tetrazole rings is 1. The Labute approximate surface area is 133 Å². The fraction of sp³-hybridized carbons (Fsp3) is 0.467. The summed E-state index contributed by atoms with van der Waals surface area (Å²) in [5, 5.41) is 11.9. The number of amides is 1. The van der Waals surface area contributed by atoms with Crippen LogP contribution in [0.3, 0.4) is 0 Å². The number of ether oxygens (including phenoxy) is 1. The Kier molecular flexibility index (Phi) is 4.61. The molecule has 1 aromatic heterocycles. The summed E-state index contributed by atoms with van der Waals surface area (Å²) in [6.45, 7) is 3.74. The Morgan fingerprint density at radius 2 is 2.35 bits per heavy atom. The molecule has 0 aliphatic carbocycles. The van der Waals surface area contributed by atoms with E-state index in [4.69, 9.17) is 4.74 Å². The lowest BCUT2D eigenvalue weighted by Crippen LogP contribution is -2.46. The smallest absolute Gasteiger partial charge is 0.246 e. The second-order valence-electron chi connectivity index (χ2n) is 5.39. The van der Waals surface area contributed by atoms with Crippen LogP contribution in [0.5, 0.6) is 0 Å². The van der Waals surface area contributed by atoms with Crippen LogP contribution in [0.2, 0.25) is 0 Å². The van der Waals surface area contributed by atoms with Gasteiger partial charge in [-0.3, -0.25) is 4.79 Å². The van der Waals surface area contributed by atoms with Crippen LogP contribution in [0.4, 0.5) is 4.39 Å². The molecule has 0 bridgehead atoms. The van der Waals surface area contributed by atoms with Crippen molar-refractivity contribution in [3.8, 4) is 11.4 Å². The van der Waals surface area contributed by atoms with Gasteiger partial charge in [-0.15, -0.1) is 10.2 Å². The van der Waals surface area contributed by atoms with Gasteiger partial charge in [-0.2, -0.15) is 4.80 Å². The van der Waals surface area contributed by atoms with Crippen LogP contribution in [0.25, 0.3) is 11.4 Å². The van der Waals surface area contributed by atoms with Crippen LogP contribution in [0.1, 0.15) is 13.3 Å². The zero-order valence-corrected chi connectivity index (χ0v) is 12.9. The van der Waals surface area contributed by atoms with Crippen molar-refractivity contribution in [3.05, 3.63) is 30.1 Å². The van der Waals surface area contributed by atoms with Crippen molar-refractivity contribution in [3.63, 3.8) is 0 Å². The molecule has 1 aliphatic rings. The molecule has 3 rings (SSSR count). The van der Waals surface area contributed by atoms with Gasteiger partial charge in [0, 0.05) is 18.7 Å². The third kappa shape index (κ3) is 3.70. The third-order valence-electron chi connectivity index (χ3n) is 3.76. The van der Waals surface area contributed by atoms with Gasteiger partial charge in [0.15, 0.2) is 0 Å². The lowest BCUT2D eigenvalue weighted by molar-refractivity contribution is -0.139. The number of benzene rings is 1. The number of carbonyl (C=O) groups excluding carboxylic acids is 1. The molecule has 1 aliphatic heterocycles. The first-order valence-corrected chi connectivity index (χ1v) is 7.59. The van der Waals surface area contributed by atoms with Gasteiger partial charge in [-0.05, 0) is 23.8 Å². The van der Waals surface area contributed by atoms with Crippen LogP contribution in [0, 0.1) is 5.82 Å². The van der Waals surface area contributed by atoms with Gasteiger partial charge in [0.25, 0.3) is 0 Å². The maximum Gasteiger partial charge on any atom is 0.246 e. The minimum atomic E-state index is -0.367. The standard InChI is InChI=1S/C15H18FN5O2/c1-2-13-9-20(6-7-23-13)14(22)10-21-18-15(17-19-21)11-4-3-5-12(16)8-11/h3-5,8,13H,2,6-7,9-10H2,1H3/t13-/m0/s1. The fourth-order valence-electron chi connectivity index (χ4n) is 2.47. The minimum absolute atomic E-state index is 0.0126. The van der Waals surface area contributed by atoms with E-state index in [0.29, 0.717) is 31.1 Å². The molecule has 1 atom stereocenters. The van der Waals surface area contributed by atoms with E-state index >= 15 is 0 Å². The fourth-order valence-corrected chi connectivity index (χ4v) is 2.47. The average Bonchev–Trinajstić information content (AvgIpc) is 3.03. The molecule has 122 valence electrons. The summed E-state index contributed by atoms with van der Waals surface area (Å²) in [6.07, 6.45) is 0.953. The van der Waals surface area contributed by atoms with Gasteiger partial charge in [0.05, 0.1) is 12.7 Å². The molecular weight excluding hydrogens is 301 g/mol. The molecule has 0 spiro atoms. The van der Waals surface area contributed by atoms with Gasteiger partial charge in [-0.25, -0.2) is 4.39 Å². The van der Waals surface area contributed by atoms with Crippen LogP contribution in [0.15, 0.2) is 24.3 Å². The van der Waals surface area contributed by atoms with Crippen LogP contribution in [-0.2, 0) is 16.1 Å². The third-order valence-corrected chi connectivity index (χ3v) is 3.76. The summed E-state index contributed by atoms with van der Waals surface area (Å²) in [7, 11) is 0. The maximum atomic E-state index is 13.2. The first kappa shape index (κ1) is 15.5. The van der Waals surface area contributed by atoms with Crippen molar-refractivity contribution in [1.82, 2.24) is 25.1 Å². The molecule has 2 heterocycles. The molecule has 1 saturated heterocycles. The predicted octanol–water partition coefficient (Wildman–Crippen LogP) is 1.12. The van der Waals surface area contributed by atoms with Gasteiger partial charge in [-0.1, -0.05) is 19.1 Å². The van der Waals surface area contributed by atoms with E-state index in [0.717, 1.165) is 6.42 Å². The summed E-state index contributed by atoms with van der Waals surface area (Å²) in [5.41, 5.74) is 0.529. The number of rotatable bonds is 4. The SMILES string of the molecule is CC[C@H]1CN(C(=O)Cn2nnc(-c3cccc(F)c3)n2)CCO1. The molecule has 2 aromatic rings. The highest BCUT2D eigenvalue weighted by Crippen LogP contribution is 2.14. The Balaban J connectivity index is 1.66. The second-order valence-corrected chi connectivity index (χ2v) is 5.39. The highest BCUT2D eigenvalue weighted by Gasteiger charge is 2.23. The summed E-state index contributed by atoms with van der Waals surface area (Å²) in [5.74, 6) is -0.144. The largest absolute Gasteiger partial charge is 0.375 e.